The summed E-state index contributed by atoms with van der Waals surface area (Å²) in [5.74, 6) is 0.247. The molecule has 0 fully saturated rings. The Labute approximate surface area is 121 Å². The molecule has 0 radical (unpaired) electrons. The molecule has 21 heavy (non-hydrogen) atoms. The summed E-state index contributed by atoms with van der Waals surface area (Å²) in [4.78, 5) is 10.8. The van der Waals surface area contributed by atoms with Crippen molar-refractivity contribution < 1.29 is 19.1 Å². The van der Waals surface area contributed by atoms with Gasteiger partial charge in [0.1, 0.15) is 28.9 Å². The lowest BCUT2D eigenvalue weighted by atomic mass is 10.1. The van der Waals surface area contributed by atoms with Crippen molar-refractivity contribution in [2.75, 3.05) is 6.61 Å². The van der Waals surface area contributed by atoms with Gasteiger partial charge in [0, 0.05) is 6.08 Å². The third-order valence-electron chi connectivity index (χ3n) is 2.72. The Morgan fingerprint density at radius 2 is 2.14 bits per heavy atom. The van der Waals surface area contributed by atoms with Crippen LogP contribution in [-0.4, -0.2) is 17.7 Å². The van der Waals surface area contributed by atoms with Crippen LogP contribution in [0.15, 0.2) is 46.4 Å². The molecule has 1 N–H and O–H groups in total. The van der Waals surface area contributed by atoms with Gasteiger partial charge in [-0.25, -0.2) is 4.79 Å². The maximum atomic E-state index is 10.8. The van der Waals surface area contributed by atoms with Gasteiger partial charge in [-0.1, -0.05) is 12.1 Å². The lowest BCUT2D eigenvalue weighted by Gasteiger charge is -2.07. The molecule has 1 aromatic heterocycles. The average molecular weight is 283 g/mol. The number of para-hydroxylation sites is 1. The molecule has 0 atom stereocenters. The molecule has 5 nitrogen and oxygen atoms in total. The predicted octanol–water partition coefficient (Wildman–Crippen LogP) is 3.34. The quantitative estimate of drug-likeness (QED) is 0.672. The van der Waals surface area contributed by atoms with Crippen molar-refractivity contribution in [2.24, 2.45) is 0 Å². The summed E-state index contributed by atoms with van der Waals surface area (Å²) >= 11 is 0. The molecule has 0 amide bonds. The normalized spacial score (nSPS) is 11.0. The highest BCUT2D eigenvalue weighted by Crippen LogP contribution is 2.31. The van der Waals surface area contributed by atoms with E-state index in [2.05, 4.69) is 0 Å². The van der Waals surface area contributed by atoms with Crippen LogP contribution < -0.4 is 4.74 Å². The van der Waals surface area contributed by atoms with Crippen molar-refractivity contribution in [1.29, 1.82) is 5.26 Å². The number of rotatable bonds is 5. The summed E-state index contributed by atoms with van der Waals surface area (Å²) in [5.41, 5.74) is 0.391. The third-order valence-corrected chi connectivity index (χ3v) is 2.72. The number of carbonyl (C=O) groups is 1. The number of hydrogen-bond donors (Lipinski definition) is 1. The summed E-state index contributed by atoms with van der Waals surface area (Å²) in [5, 5.41) is 17.6. The molecule has 2 rings (SSSR count). The zero-order valence-corrected chi connectivity index (χ0v) is 11.4. The molecule has 0 aliphatic carbocycles. The van der Waals surface area contributed by atoms with Crippen LogP contribution in [-0.2, 0) is 4.79 Å². The number of hydrogen-bond acceptors (Lipinski definition) is 4. The second-order valence-electron chi connectivity index (χ2n) is 4.11. The highest BCUT2D eigenvalue weighted by atomic mass is 16.5. The van der Waals surface area contributed by atoms with Gasteiger partial charge >= 0.3 is 5.97 Å². The fourth-order valence-corrected chi connectivity index (χ4v) is 1.81. The van der Waals surface area contributed by atoms with Crippen LogP contribution in [0.2, 0.25) is 0 Å². The molecular formula is C16H13NO4. The number of furan rings is 1. The SMILES string of the molecule is CCOc1ccccc1-c1ccc(/C=C(\C#N)C(=O)O)o1. The summed E-state index contributed by atoms with van der Waals surface area (Å²) < 4.78 is 11.1. The smallest absolute Gasteiger partial charge is 0.346 e. The van der Waals surface area contributed by atoms with Crippen molar-refractivity contribution in [3.63, 3.8) is 0 Å². The topological polar surface area (TPSA) is 83.5 Å². The lowest BCUT2D eigenvalue weighted by Crippen LogP contribution is -1.96. The molecule has 0 aliphatic rings. The number of ether oxygens (including phenoxy) is 1. The molecule has 0 aliphatic heterocycles. The number of benzene rings is 1. The minimum absolute atomic E-state index is 0.301. The van der Waals surface area contributed by atoms with Crippen LogP contribution >= 0.6 is 0 Å². The van der Waals surface area contributed by atoms with Crippen LogP contribution in [0.1, 0.15) is 12.7 Å². The Balaban J connectivity index is 2.37. The summed E-state index contributed by atoms with van der Waals surface area (Å²) in [6, 6.07) is 12.3. The molecule has 0 unspecified atom stereocenters. The van der Waals surface area contributed by atoms with Gasteiger partial charge in [0.25, 0.3) is 0 Å². The van der Waals surface area contributed by atoms with Crippen LogP contribution in [0, 0.1) is 11.3 Å². The Morgan fingerprint density at radius 3 is 2.81 bits per heavy atom. The van der Waals surface area contributed by atoms with E-state index in [9.17, 15) is 4.79 Å². The van der Waals surface area contributed by atoms with E-state index < -0.39 is 5.97 Å². The first kappa shape index (κ1) is 14.4. The zero-order chi connectivity index (χ0) is 15.2. The number of carboxylic acids is 1. The Morgan fingerprint density at radius 1 is 1.38 bits per heavy atom. The van der Waals surface area contributed by atoms with Crippen molar-refractivity contribution in [2.45, 2.75) is 6.92 Å². The van der Waals surface area contributed by atoms with Gasteiger partial charge in [0.05, 0.1) is 12.2 Å². The van der Waals surface area contributed by atoms with Gasteiger partial charge < -0.3 is 14.3 Å². The molecule has 0 saturated heterocycles. The summed E-state index contributed by atoms with van der Waals surface area (Å²) in [7, 11) is 0. The van der Waals surface area contributed by atoms with Gasteiger partial charge in [-0.2, -0.15) is 5.26 Å². The van der Waals surface area contributed by atoms with Crippen LogP contribution in [0.25, 0.3) is 17.4 Å². The summed E-state index contributed by atoms with van der Waals surface area (Å²) in [6.07, 6.45) is 1.19. The van der Waals surface area contributed by atoms with E-state index in [-0.39, 0.29) is 5.57 Å². The second-order valence-corrected chi connectivity index (χ2v) is 4.11. The van der Waals surface area contributed by atoms with Crippen molar-refractivity contribution in [3.8, 4) is 23.1 Å². The predicted molar refractivity (Wildman–Crippen MR) is 76.5 cm³/mol. The highest BCUT2D eigenvalue weighted by molar-refractivity contribution is 5.96. The monoisotopic (exact) mass is 283 g/mol. The molecule has 5 heteroatoms. The van der Waals surface area contributed by atoms with Crippen LogP contribution in [0.5, 0.6) is 5.75 Å². The van der Waals surface area contributed by atoms with E-state index in [1.165, 1.54) is 6.08 Å². The Kier molecular flexibility index (Phi) is 4.42. The molecule has 0 spiro atoms. The first-order valence-corrected chi connectivity index (χ1v) is 6.32. The molecule has 1 heterocycles. The van der Waals surface area contributed by atoms with Gasteiger partial charge in [0.2, 0.25) is 0 Å². The highest BCUT2D eigenvalue weighted by Gasteiger charge is 2.11. The lowest BCUT2D eigenvalue weighted by molar-refractivity contribution is -0.132. The molecule has 0 bridgehead atoms. The Hall–Kier alpha value is -3.00. The van der Waals surface area contributed by atoms with Gasteiger partial charge in [-0.05, 0) is 31.2 Å². The average Bonchev–Trinajstić information content (AvgIpc) is 2.94. The molecule has 2 aromatic rings. The minimum Gasteiger partial charge on any atom is -0.493 e. The van der Waals surface area contributed by atoms with E-state index in [4.69, 9.17) is 19.5 Å². The number of nitrogens with zero attached hydrogens (tertiary/aromatic N) is 1. The molecule has 106 valence electrons. The zero-order valence-electron chi connectivity index (χ0n) is 11.4. The fourth-order valence-electron chi connectivity index (χ4n) is 1.81. The number of carboxylic acid groups (broad SMARTS) is 1. The molecule has 1 aromatic carbocycles. The standard InChI is InChI=1S/C16H13NO4/c1-2-20-14-6-4-3-5-13(14)15-8-7-12(21-15)9-11(10-17)16(18)19/h3-9H,2H2,1H3,(H,18,19)/b11-9+. The van der Waals surface area contributed by atoms with Gasteiger partial charge in [0.15, 0.2) is 0 Å². The van der Waals surface area contributed by atoms with Gasteiger partial charge in [-0.3, -0.25) is 0 Å². The van der Waals surface area contributed by atoms with E-state index in [0.29, 0.717) is 23.9 Å². The van der Waals surface area contributed by atoms with Crippen molar-refractivity contribution >= 4 is 12.0 Å². The summed E-state index contributed by atoms with van der Waals surface area (Å²) in [6.45, 7) is 2.42. The van der Waals surface area contributed by atoms with E-state index >= 15 is 0 Å². The minimum atomic E-state index is -1.29. The molecular weight excluding hydrogens is 270 g/mol. The van der Waals surface area contributed by atoms with Gasteiger partial charge in [-0.15, -0.1) is 0 Å². The van der Waals surface area contributed by atoms with E-state index in [1.807, 2.05) is 31.2 Å². The maximum Gasteiger partial charge on any atom is 0.346 e. The molecule has 0 saturated carbocycles. The Bertz CT molecular complexity index is 722. The number of aliphatic carboxylic acids is 1. The largest absolute Gasteiger partial charge is 0.493 e. The van der Waals surface area contributed by atoms with E-state index in [1.54, 1.807) is 18.2 Å². The maximum absolute atomic E-state index is 10.8. The van der Waals surface area contributed by atoms with E-state index in [0.717, 1.165) is 5.56 Å². The van der Waals surface area contributed by atoms with Crippen LogP contribution in [0.3, 0.4) is 0 Å². The van der Waals surface area contributed by atoms with Crippen molar-refractivity contribution in [3.05, 3.63) is 47.7 Å². The fraction of sp³-hybridized carbons (Fsp3) is 0.125. The van der Waals surface area contributed by atoms with Crippen molar-refractivity contribution in [1.82, 2.24) is 0 Å². The first-order chi connectivity index (χ1) is 10.2. The number of nitriles is 1. The third kappa shape index (κ3) is 3.31. The first-order valence-electron chi connectivity index (χ1n) is 6.32. The van der Waals surface area contributed by atoms with Crippen LogP contribution in [0.4, 0.5) is 0 Å². The second kappa shape index (κ2) is 6.44.